The third-order valence-corrected chi connectivity index (χ3v) is 7.90. The zero-order valence-electron chi connectivity index (χ0n) is 20.3. The van der Waals surface area contributed by atoms with Crippen LogP contribution >= 0.6 is 0 Å². The standard InChI is InChI=1S/C24H25F6N7O/c1-12-31-22(38-35-12)36-10-14-5-6-15(11-36)19(14)32-21-33-20-17(7-8-18(24(28,29)30)37(20)34-21)13-3-2-4-16(9-13)23(25,26)27/h2-4,9,14-15,17-19H,5-8,10-11H2,1H3,(H,32,34). The number of aromatic nitrogens is 5. The van der Waals surface area contributed by atoms with Gasteiger partial charge in [-0.3, -0.25) is 0 Å². The lowest BCUT2D eigenvalue weighted by Crippen LogP contribution is -2.48. The number of piperidine rings is 1. The van der Waals surface area contributed by atoms with Gasteiger partial charge in [-0.15, -0.1) is 5.10 Å². The van der Waals surface area contributed by atoms with Gasteiger partial charge in [0.05, 0.1) is 5.56 Å². The van der Waals surface area contributed by atoms with E-state index in [-0.39, 0.29) is 48.1 Å². The summed E-state index contributed by atoms with van der Waals surface area (Å²) < 4.78 is 87.8. The molecular formula is C24H25F6N7O. The van der Waals surface area contributed by atoms with Gasteiger partial charge in [0.15, 0.2) is 5.82 Å². The van der Waals surface area contributed by atoms with Crippen molar-refractivity contribution in [1.29, 1.82) is 0 Å². The molecule has 1 aromatic carbocycles. The summed E-state index contributed by atoms with van der Waals surface area (Å²) in [6.45, 7) is 3.02. The number of anilines is 2. The Hall–Kier alpha value is -3.32. The average Bonchev–Trinajstić information content (AvgIpc) is 3.53. The van der Waals surface area contributed by atoms with Crippen LogP contribution in [-0.2, 0) is 6.18 Å². The highest BCUT2D eigenvalue weighted by atomic mass is 19.4. The Morgan fingerprint density at radius 2 is 1.71 bits per heavy atom. The van der Waals surface area contributed by atoms with Crippen LogP contribution in [0, 0.1) is 18.8 Å². The molecule has 4 atom stereocenters. The van der Waals surface area contributed by atoms with Crippen LogP contribution < -0.4 is 10.2 Å². The summed E-state index contributed by atoms with van der Waals surface area (Å²) in [6.07, 6.45) is -7.59. The first kappa shape index (κ1) is 25.0. The van der Waals surface area contributed by atoms with Crippen molar-refractivity contribution in [2.45, 2.75) is 63.0 Å². The van der Waals surface area contributed by atoms with Crippen molar-refractivity contribution in [3.8, 4) is 0 Å². The fourth-order valence-electron chi connectivity index (χ4n) is 6.17. The van der Waals surface area contributed by atoms with E-state index in [1.165, 1.54) is 12.1 Å². The van der Waals surface area contributed by atoms with E-state index in [0.717, 1.165) is 29.7 Å². The molecule has 0 spiro atoms. The minimum atomic E-state index is -4.56. The van der Waals surface area contributed by atoms with Gasteiger partial charge in [-0.1, -0.05) is 23.4 Å². The maximum absolute atomic E-state index is 13.9. The van der Waals surface area contributed by atoms with Crippen LogP contribution in [0.4, 0.5) is 38.3 Å². The molecule has 2 fully saturated rings. The third-order valence-electron chi connectivity index (χ3n) is 7.90. The predicted molar refractivity (Wildman–Crippen MR) is 123 cm³/mol. The molecule has 204 valence electrons. The number of benzene rings is 1. The van der Waals surface area contributed by atoms with Crippen molar-refractivity contribution in [2.75, 3.05) is 23.3 Å². The van der Waals surface area contributed by atoms with E-state index in [9.17, 15) is 26.3 Å². The van der Waals surface area contributed by atoms with Crippen molar-refractivity contribution in [1.82, 2.24) is 24.9 Å². The van der Waals surface area contributed by atoms with Gasteiger partial charge in [0, 0.05) is 25.0 Å². The molecule has 1 aliphatic carbocycles. The quantitative estimate of drug-likeness (QED) is 0.446. The largest absolute Gasteiger partial charge is 0.416 e. The Kier molecular flexibility index (Phi) is 5.83. The fraction of sp³-hybridized carbons (Fsp3) is 0.583. The Balaban J connectivity index is 1.28. The zero-order chi connectivity index (χ0) is 26.8. The molecule has 2 bridgehead atoms. The summed E-state index contributed by atoms with van der Waals surface area (Å²) in [6, 6.07) is 3.20. The second-order valence-electron chi connectivity index (χ2n) is 10.3. The van der Waals surface area contributed by atoms with Crippen LogP contribution in [0.15, 0.2) is 28.8 Å². The molecule has 0 radical (unpaired) electrons. The number of nitrogens with zero attached hydrogens (tertiary/aromatic N) is 6. The number of fused-ring (bicyclic) bond motifs is 3. The number of nitrogens with one attached hydrogen (secondary N) is 1. The first-order chi connectivity index (χ1) is 18.0. The van der Waals surface area contributed by atoms with E-state index in [4.69, 9.17) is 4.52 Å². The second-order valence-corrected chi connectivity index (χ2v) is 10.3. The van der Waals surface area contributed by atoms with Crippen LogP contribution in [0.2, 0.25) is 0 Å². The minimum Gasteiger partial charge on any atom is -0.350 e. The average molecular weight is 542 g/mol. The number of hydrogen-bond acceptors (Lipinski definition) is 7. The summed E-state index contributed by atoms with van der Waals surface area (Å²) in [4.78, 5) is 10.8. The first-order valence-corrected chi connectivity index (χ1v) is 12.5. The maximum Gasteiger partial charge on any atom is 0.416 e. The molecule has 3 aliphatic rings. The lowest BCUT2D eigenvalue weighted by molar-refractivity contribution is -0.175. The number of hydrogen-bond donors (Lipinski definition) is 1. The van der Waals surface area contributed by atoms with Gasteiger partial charge in [0.25, 0.3) is 0 Å². The Morgan fingerprint density at radius 1 is 0.974 bits per heavy atom. The summed E-state index contributed by atoms with van der Waals surface area (Å²) in [7, 11) is 0. The van der Waals surface area contributed by atoms with E-state index >= 15 is 0 Å². The molecule has 2 aliphatic heterocycles. The molecule has 1 saturated heterocycles. The van der Waals surface area contributed by atoms with Gasteiger partial charge in [-0.25, -0.2) is 4.68 Å². The lowest BCUT2D eigenvalue weighted by atomic mass is 9.87. The summed E-state index contributed by atoms with van der Waals surface area (Å²) in [5.74, 6) is 0.218. The summed E-state index contributed by atoms with van der Waals surface area (Å²) >= 11 is 0. The molecule has 3 aromatic rings. The van der Waals surface area contributed by atoms with Gasteiger partial charge in [-0.2, -0.15) is 36.3 Å². The minimum absolute atomic E-state index is 0.0108. The highest BCUT2D eigenvalue weighted by Crippen LogP contribution is 2.45. The van der Waals surface area contributed by atoms with Crippen molar-refractivity contribution in [2.24, 2.45) is 11.8 Å². The van der Waals surface area contributed by atoms with E-state index in [2.05, 4.69) is 25.5 Å². The molecule has 14 heteroatoms. The second kappa shape index (κ2) is 8.87. The van der Waals surface area contributed by atoms with Crippen LogP contribution in [0.25, 0.3) is 0 Å². The van der Waals surface area contributed by atoms with Crippen molar-refractivity contribution >= 4 is 12.0 Å². The molecule has 1 N–H and O–H groups in total. The fourth-order valence-corrected chi connectivity index (χ4v) is 6.17. The summed E-state index contributed by atoms with van der Waals surface area (Å²) in [5.41, 5.74) is -0.582. The monoisotopic (exact) mass is 541 g/mol. The third kappa shape index (κ3) is 4.47. The van der Waals surface area contributed by atoms with Crippen molar-refractivity contribution in [3.63, 3.8) is 0 Å². The highest BCUT2D eigenvalue weighted by molar-refractivity contribution is 5.37. The van der Waals surface area contributed by atoms with E-state index < -0.39 is 29.9 Å². The molecule has 4 unspecified atom stereocenters. The molecule has 8 nitrogen and oxygen atoms in total. The van der Waals surface area contributed by atoms with E-state index in [1.54, 1.807) is 6.92 Å². The van der Waals surface area contributed by atoms with Gasteiger partial charge in [0.1, 0.15) is 11.9 Å². The molecule has 38 heavy (non-hydrogen) atoms. The predicted octanol–water partition coefficient (Wildman–Crippen LogP) is 5.34. The molecule has 4 heterocycles. The van der Waals surface area contributed by atoms with Crippen molar-refractivity contribution < 1.29 is 30.9 Å². The number of halogens is 6. The maximum atomic E-state index is 13.9. The smallest absolute Gasteiger partial charge is 0.350 e. The Labute approximate surface area is 213 Å². The zero-order valence-corrected chi connectivity index (χ0v) is 20.3. The topological polar surface area (TPSA) is 84.9 Å². The van der Waals surface area contributed by atoms with Crippen LogP contribution in [0.1, 0.15) is 60.4 Å². The van der Waals surface area contributed by atoms with Gasteiger partial charge in [0.2, 0.25) is 5.95 Å². The molecular weight excluding hydrogens is 516 g/mol. The van der Waals surface area contributed by atoms with Gasteiger partial charge in [-0.05, 0) is 56.1 Å². The van der Waals surface area contributed by atoms with Crippen LogP contribution in [0.5, 0.6) is 0 Å². The summed E-state index contributed by atoms with van der Waals surface area (Å²) in [5, 5.41) is 11.3. The Bertz CT molecular complexity index is 1300. The number of alkyl halides is 6. The van der Waals surface area contributed by atoms with Crippen LogP contribution in [-0.4, -0.2) is 50.2 Å². The highest BCUT2D eigenvalue weighted by Gasteiger charge is 2.48. The lowest BCUT2D eigenvalue weighted by Gasteiger charge is -2.37. The first-order valence-electron chi connectivity index (χ1n) is 12.5. The molecule has 0 amide bonds. The SMILES string of the molecule is Cc1noc(N2CC3CCC(C2)C3Nc2nc3n(n2)C(C(F)(F)F)CCC3c2cccc(C(F)(F)F)c2)n1. The van der Waals surface area contributed by atoms with Gasteiger partial charge >= 0.3 is 18.4 Å². The number of rotatable bonds is 4. The van der Waals surface area contributed by atoms with Gasteiger partial charge < -0.3 is 14.7 Å². The molecule has 6 rings (SSSR count). The number of aryl methyl sites for hydroxylation is 1. The van der Waals surface area contributed by atoms with Crippen LogP contribution in [0.3, 0.4) is 0 Å². The molecule has 2 aromatic heterocycles. The van der Waals surface area contributed by atoms with Crippen molar-refractivity contribution in [3.05, 3.63) is 47.0 Å². The Morgan fingerprint density at radius 3 is 2.34 bits per heavy atom. The molecule has 1 saturated carbocycles. The van der Waals surface area contributed by atoms with E-state index in [0.29, 0.717) is 24.9 Å². The van der Waals surface area contributed by atoms with E-state index in [1.807, 2.05) is 4.90 Å². The normalized spacial score (nSPS) is 27.4.